The third-order valence-electron chi connectivity index (χ3n) is 4.12. The van der Waals surface area contributed by atoms with Crippen molar-refractivity contribution >= 4 is 16.7 Å². The molecule has 0 atom stereocenters. The Morgan fingerprint density at radius 3 is 2.83 bits per heavy atom. The van der Waals surface area contributed by atoms with Gasteiger partial charge >= 0.3 is 0 Å². The standard InChI is InChI=1S/C18H11FN4O/c1-11-13(19)3-2-4-14(11)23-16-9-12(10-20)5-6-15(16)22-8-7-21-17(22)18(23)24/h2-9H,1H3. The summed E-state index contributed by atoms with van der Waals surface area (Å²) >= 11 is 0. The molecule has 0 radical (unpaired) electrons. The summed E-state index contributed by atoms with van der Waals surface area (Å²) in [7, 11) is 0. The Kier molecular flexibility index (Phi) is 2.97. The number of hydrogen-bond acceptors (Lipinski definition) is 3. The zero-order valence-electron chi connectivity index (χ0n) is 12.7. The number of nitriles is 1. The van der Waals surface area contributed by atoms with Crippen molar-refractivity contribution in [1.29, 1.82) is 5.26 Å². The Hall–Kier alpha value is -3.46. The molecule has 2 heterocycles. The van der Waals surface area contributed by atoms with Crippen molar-refractivity contribution in [3.63, 3.8) is 0 Å². The van der Waals surface area contributed by atoms with E-state index in [9.17, 15) is 14.4 Å². The molecule has 5 nitrogen and oxygen atoms in total. The van der Waals surface area contributed by atoms with E-state index in [0.29, 0.717) is 27.8 Å². The largest absolute Gasteiger partial charge is 0.299 e. The Morgan fingerprint density at radius 2 is 2.04 bits per heavy atom. The van der Waals surface area contributed by atoms with Crippen LogP contribution in [-0.2, 0) is 0 Å². The van der Waals surface area contributed by atoms with Gasteiger partial charge in [0.25, 0.3) is 5.56 Å². The van der Waals surface area contributed by atoms with E-state index in [0.717, 1.165) is 0 Å². The number of rotatable bonds is 1. The average Bonchev–Trinajstić information content (AvgIpc) is 3.08. The first-order valence-corrected chi connectivity index (χ1v) is 7.29. The number of halogens is 1. The first kappa shape index (κ1) is 14.2. The molecule has 0 saturated heterocycles. The van der Waals surface area contributed by atoms with Crippen molar-refractivity contribution in [1.82, 2.24) is 14.0 Å². The van der Waals surface area contributed by atoms with Gasteiger partial charge in [-0.2, -0.15) is 5.26 Å². The Balaban J connectivity index is 2.28. The topological polar surface area (TPSA) is 63.1 Å². The highest BCUT2D eigenvalue weighted by atomic mass is 19.1. The molecule has 0 unspecified atom stereocenters. The molecule has 0 amide bonds. The fourth-order valence-electron chi connectivity index (χ4n) is 2.92. The van der Waals surface area contributed by atoms with Gasteiger partial charge in [-0.25, -0.2) is 9.37 Å². The number of hydrogen-bond donors (Lipinski definition) is 0. The maximum atomic E-state index is 14.0. The molecule has 0 saturated carbocycles. The predicted octanol–water partition coefficient (Wildman–Crippen LogP) is 2.96. The summed E-state index contributed by atoms with van der Waals surface area (Å²) in [6, 6.07) is 11.7. The predicted molar refractivity (Wildman–Crippen MR) is 87.7 cm³/mol. The first-order valence-electron chi connectivity index (χ1n) is 7.29. The van der Waals surface area contributed by atoms with Gasteiger partial charge in [-0.1, -0.05) is 6.07 Å². The van der Waals surface area contributed by atoms with E-state index < -0.39 is 5.82 Å². The van der Waals surface area contributed by atoms with Gasteiger partial charge in [0, 0.05) is 18.0 Å². The van der Waals surface area contributed by atoms with E-state index in [1.54, 1.807) is 47.9 Å². The minimum absolute atomic E-state index is 0.246. The van der Waals surface area contributed by atoms with Crippen LogP contribution in [0.5, 0.6) is 0 Å². The molecular formula is C18H11FN4O. The van der Waals surface area contributed by atoms with Crippen LogP contribution in [0.1, 0.15) is 11.1 Å². The minimum atomic E-state index is -0.396. The molecule has 0 aliphatic carbocycles. The molecule has 116 valence electrons. The molecule has 0 spiro atoms. The minimum Gasteiger partial charge on any atom is -0.294 e. The molecule has 0 aliphatic rings. The van der Waals surface area contributed by atoms with Gasteiger partial charge in [0.1, 0.15) is 5.82 Å². The Bertz CT molecular complexity index is 1210. The smallest absolute Gasteiger partial charge is 0.294 e. The number of aromatic nitrogens is 3. The van der Waals surface area contributed by atoms with Crippen LogP contribution < -0.4 is 5.56 Å². The van der Waals surface area contributed by atoms with Gasteiger partial charge in [-0.15, -0.1) is 0 Å². The quantitative estimate of drug-likeness (QED) is 0.542. The van der Waals surface area contributed by atoms with Crippen molar-refractivity contribution in [2.45, 2.75) is 6.92 Å². The van der Waals surface area contributed by atoms with Crippen molar-refractivity contribution in [3.8, 4) is 11.8 Å². The molecule has 0 aliphatic heterocycles. The van der Waals surface area contributed by atoms with Crippen LogP contribution in [0.15, 0.2) is 53.6 Å². The summed E-state index contributed by atoms with van der Waals surface area (Å²) in [5.74, 6) is -0.396. The zero-order chi connectivity index (χ0) is 16.8. The number of fused-ring (bicyclic) bond motifs is 3. The lowest BCUT2D eigenvalue weighted by Crippen LogP contribution is -2.22. The molecule has 24 heavy (non-hydrogen) atoms. The normalized spacial score (nSPS) is 11.0. The van der Waals surface area contributed by atoms with Crippen LogP contribution in [-0.4, -0.2) is 14.0 Å². The van der Waals surface area contributed by atoms with Gasteiger partial charge in [0.15, 0.2) is 0 Å². The summed E-state index contributed by atoms with van der Waals surface area (Å²) < 4.78 is 17.1. The molecule has 0 fully saturated rings. The summed E-state index contributed by atoms with van der Waals surface area (Å²) in [6.07, 6.45) is 3.23. The summed E-state index contributed by atoms with van der Waals surface area (Å²) in [5.41, 5.74) is 2.34. The van der Waals surface area contributed by atoms with Gasteiger partial charge in [-0.3, -0.25) is 13.8 Å². The van der Waals surface area contributed by atoms with E-state index >= 15 is 0 Å². The molecule has 0 bridgehead atoms. The van der Waals surface area contributed by atoms with E-state index in [2.05, 4.69) is 11.1 Å². The van der Waals surface area contributed by atoms with Crippen LogP contribution >= 0.6 is 0 Å². The van der Waals surface area contributed by atoms with E-state index in [4.69, 9.17) is 0 Å². The second-order valence-corrected chi connectivity index (χ2v) is 5.46. The summed E-state index contributed by atoms with van der Waals surface area (Å²) in [4.78, 5) is 17.1. The third kappa shape index (κ3) is 1.85. The molecule has 2 aromatic heterocycles. The Morgan fingerprint density at radius 1 is 1.21 bits per heavy atom. The average molecular weight is 318 g/mol. The summed E-state index contributed by atoms with van der Waals surface area (Å²) in [6.45, 7) is 1.62. The van der Waals surface area contributed by atoms with Gasteiger partial charge < -0.3 is 0 Å². The van der Waals surface area contributed by atoms with Crippen molar-refractivity contribution < 1.29 is 4.39 Å². The first-order chi connectivity index (χ1) is 11.6. The SMILES string of the molecule is Cc1c(F)cccc1-n1c(=O)c2nccn2c2ccc(C#N)cc21. The van der Waals surface area contributed by atoms with Gasteiger partial charge in [0.05, 0.1) is 28.4 Å². The second kappa shape index (κ2) is 5.03. The molecule has 0 N–H and O–H groups in total. The van der Waals surface area contributed by atoms with Gasteiger partial charge in [-0.05, 0) is 37.3 Å². The lowest BCUT2D eigenvalue weighted by Gasteiger charge is -2.14. The van der Waals surface area contributed by atoms with E-state index in [1.807, 2.05) is 0 Å². The molecule has 4 rings (SSSR count). The monoisotopic (exact) mass is 318 g/mol. The third-order valence-corrected chi connectivity index (χ3v) is 4.12. The van der Waals surface area contributed by atoms with Crippen molar-refractivity contribution in [3.05, 3.63) is 76.1 Å². The highest BCUT2D eigenvalue weighted by molar-refractivity contribution is 5.81. The van der Waals surface area contributed by atoms with Crippen LogP contribution in [0, 0.1) is 24.1 Å². The highest BCUT2D eigenvalue weighted by Crippen LogP contribution is 2.22. The van der Waals surface area contributed by atoms with Crippen molar-refractivity contribution in [2.24, 2.45) is 0 Å². The maximum absolute atomic E-state index is 14.0. The number of nitrogens with zero attached hydrogens (tertiary/aromatic N) is 4. The van der Waals surface area contributed by atoms with Crippen LogP contribution in [0.25, 0.3) is 22.4 Å². The lowest BCUT2D eigenvalue weighted by atomic mass is 10.1. The fourth-order valence-corrected chi connectivity index (χ4v) is 2.92. The van der Waals surface area contributed by atoms with E-state index in [1.165, 1.54) is 16.8 Å². The Labute approximate surface area is 135 Å². The van der Waals surface area contributed by atoms with Crippen LogP contribution in [0.3, 0.4) is 0 Å². The number of imidazole rings is 1. The fraction of sp³-hybridized carbons (Fsp3) is 0.0556. The van der Waals surface area contributed by atoms with Crippen LogP contribution in [0.4, 0.5) is 4.39 Å². The second-order valence-electron chi connectivity index (χ2n) is 5.46. The van der Waals surface area contributed by atoms with Gasteiger partial charge in [0.2, 0.25) is 5.65 Å². The van der Waals surface area contributed by atoms with Crippen LogP contribution in [0.2, 0.25) is 0 Å². The molecular weight excluding hydrogens is 307 g/mol. The zero-order valence-corrected chi connectivity index (χ0v) is 12.7. The summed E-state index contributed by atoms with van der Waals surface area (Å²) in [5, 5.41) is 9.18. The lowest BCUT2D eigenvalue weighted by molar-refractivity contribution is 0.617. The molecule has 2 aromatic carbocycles. The molecule has 4 aromatic rings. The van der Waals surface area contributed by atoms with Crippen molar-refractivity contribution in [2.75, 3.05) is 0 Å². The number of benzene rings is 2. The maximum Gasteiger partial charge on any atom is 0.299 e. The molecule has 6 heteroatoms. The highest BCUT2D eigenvalue weighted by Gasteiger charge is 2.16. The van der Waals surface area contributed by atoms with E-state index in [-0.39, 0.29) is 11.2 Å².